The molecule has 0 saturated carbocycles. The maximum absolute atomic E-state index is 4.79. The summed E-state index contributed by atoms with van der Waals surface area (Å²) in [6, 6.07) is 0. The molecule has 2 rings (SSSR count). The number of hydrogen-bond donors (Lipinski definition) is 1. The molecule has 0 radical (unpaired) electrons. The Labute approximate surface area is 163 Å². The van der Waals surface area contributed by atoms with Gasteiger partial charge in [-0.1, -0.05) is 26.7 Å². The Morgan fingerprint density at radius 1 is 1.29 bits per heavy atom. The third-order valence-corrected chi connectivity index (χ3v) is 5.13. The largest absolute Gasteiger partial charge is 0.357 e. The molecule has 6 nitrogen and oxygen atoms in total. The van der Waals surface area contributed by atoms with Crippen molar-refractivity contribution in [3.63, 3.8) is 0 Å². The van der Waals surface area contributed by atoms with Gasteiger partial charge in [0.1, 0.15) is 12.4 Å². The average molecular weight is 448 g/mol. The molecule has 1 saturated heterocycles. The number of aliphatic imine (C=N–C) groups is 1. The van der Waals surface area contributed by atoms with Gasteiger partial charge in [0.25, 0.3) is 0 Å². The number of aromatic nitrogens is 3. The summed E-state index contributed by atoms with van der Waals surface area (Å²) in [6.07, 6.45) is 3.83. The Morgan fingerprint density at radius 3 is 2.54 bits per heavy atom. The first-order valence-corrected chi connectivity index (χ1v) is 8.98. The lowest BCUT2D eigenvalue weighted by Crippen LogP contribution is -2.40. The summed E-state index contributed by atoms with van der Waals surface area (Å²) >= 11 is 0. The van der Waals surface area contributed by atoms with E-state index in [0.29, 0.717) is 6.54 Å². The average Bonchev–Trinajstić information content (AvgIpc) is 3.14. The molecule has 0 aliphatic carbocycles. The first kappa shape index (κ1) is 21.2. The van der Waals surface area contributed by atoms with E-state index in [2.05, 4.69) is 41.2 Å². The van der Waals surface area contributed by atoms with Gasteiger partial charge >= 0.3 is 0 Å². The highest BCUT2D eigenvalue weighted by molar-refractivity contribution is 14.0. The van der Waals surface area contributed by atoms with Crippen molar-refractivity contribution in [2.24, 2.45) is 23.9 Å². The lowest BCUT2D eigenvalue weighted by molar-refractivity contribution is 0.319. The number of halogens is 1. The number of nitrogens with one attached hydrogen (secondary N) is 1. The highest BCUT2D eigenvalue weighted by atomic mass is 127. The van der Waals surface area contributed by atoms with E-state index in [1.807, 2.05) is 18.5 Å². The minimum Gasteiger partial charge on any atom is -0.357 e. The molecule has 1 atom stereocenters. The van der Waals surface area contributed by atoms with Crippen LogP contribution in [0.2, 0.25) is 0 Å². The first-order chi connectivity index (χ1) is 11.1. The van der Waals surface area contributed by atoms with Crippen LogP contribution in [-0.2, 0) is 13.6 Å². The Balaban J connectivity index is 0.00000288. The van der Waals surface area contributed by atoms with E-state index in [4.69, 9.17) is 4.99 Å². The third-order valence-electron chi connectivity index (χ3n) is 5.13. The van der Waals surface area contributed by atoms with E-state index in [1.165, 1.54) is 19.3 Å². The SMILES string of the molecule is CCNC(=NCc1nnc(C)n1C)N1CCC(C(CC)CC)C1.I. The van der Waals surface area contributed by atoms with Crippen molar-refractivity contribution >= 4 is 29.9 Å². The molecule has 1 aromatic rings. The van der Waals surface area contributed by atoms with Crippen molar-refractivity contribution in [1.29, 1.82) is 0 Å². The summed E-state index contributed by atoms with van der Waals surface area (Å²) in [4.78, 5) is 7.21. The zero-order chi connectivity index (χ0) is 16.8. The first-order valence-electron chi connectivity index (χ1n) is 8.98. The van der Waals surface area contributed by atoms with Gasteiger partial charge in [-0.2, -0.15) is 0 Å². The van der Waals surface area contributed by atoms with Crippen LogP contribution >= 0.6 is 24.0 Å². The van der Waals surface area contributed by atoms with Gasteiger partial charge in [-0.3, -0.25) is 0 Å². The van der Waals surface area contributed by atoms with Gasteiger partial charge in [-0.15, -0.1) is 34.2 Å². The second kappa shape index (κ2) is 10.2. The number of rotatable bonds is 6. The predicted octanol–water partition coefficient (Wildman–Crippen LogP) is 2.97. The smallest absolute Gasteiger partial charge is 0.194 e. The van der Waals surface area contributed by atoms with E-state index in [-0.39, 0.29) is 24.0 Å². The molecule has 24 heavy (non-hydrogen) atoms. The number of hydrogen-bond acceptors (Lipinski definition) is 3. The van der Waals surface area contributed by atoms with Crippen LogP contribution in [0.1, 0.15) is 51.7 Å². The monoisotopic (exact) mass is 448 g/mol. The van der Waals surface area contributed by atoms with Crippen LogP contribution < -0.4 is 5.32 Å². The molecule has 1 aliphatic rings. The van der Waals surface area contributed by atoms with Crippen LogP contribution in [0.4, 0.5) is 0 Å². The summed E-state index contributed by atoms with van der Waals surface area (Å²) in [5.74, 6) is 4.49. The highest BCUT2D eigenvalue weighted by Gasteiger charge is 2.29. The van der Waals surface area contributed by atoms with Crippen molar-refractivity contribution < 1.29 is 0 Å². The topological polar surface area (TPSA) is 58.3 Å². The molecule has 1 aliphatic heterocycles. The van der Waals surface area contributed by atoms with Crippen LogP contribution in [0.15, 0.2) is 4.99 Å². The van der Waals surface area contributed by atoms with Gasteiger partial charge in [0.2, 0.25) is 0 Å². The van der Waals surface area contributed by atoms with Crippen LogP contribution in [0.3, 0.4) is 0 Å². The molecular formula is C17H33IN6. The zero-order valence-electron chi connectivity index (χ0n) is 15.7. The number of aryl methyl sites for hydroxylation is 1. The zero-order valence-corrected chi connectivity index (χ0v) is 18.1. The third kappa shape index (κ3) is 5.07. The van der Waals surface area contributed by atoms with Crippen LogP contribution in [0.25, 0.3) is 0 Å². The quantitative estimate of drug-likeness (QED) is 0.413. The molecule has 1 fully saturated rings. The van der Waals surface area contributed by atoms with Crippen molar-refractivity contribution in [3.05, 3.63) is 11.6 Å². The molecular weight excluding hydrogens is 415 g/mol. The van der Waals surface area contributed by atoms with Gasteiger partial charge in [-0.25, -0.2) is 4.99 Å². The lowest BCUT2D eigenvalue weighted by Gasteiger charge is -2.24. The van der Waals surface area contributed by atoms with Crippen molar-refractivity contribution in [2.75, 3.05) is 19.6 Å². The minimum absolute atomic E-state index is 0. The van der Waals surface area contributed by atoms with Gasteiger partial charge in [0.15, 0.2) is 11.8 Å². The normalized spacial score (nSPS) is 18.2. The Kier molecular flexibility index (Phi) is 9.01. The maximum atomic E-state index is 4.79. The van der Waals surface area contributed by atoms with Gasteiger partial charge in [0.05, 0.1) is 0 Å². The van der Waals surface area contributed by atoms with E-state index in [0.717, 1.165) is 49.1 Å². The van der Waals surface area contributed by atoms with E-state index >= 15 is 0 Å². The fourth-order valence-electron chi connectivity index (χ4n) is 3.48. The predicted molar refractivity (Wildman–Crippen MR) is 110 cm³/mol. The summed E-state index contributed by atoms with van der Waals surface area (Å²) in [5.41, 5.74) is 0. The second-order valence-electron chi connectivity index (χ2n) is 6.46. The molecule has 7 heteroatoms. The molecule has 1 unspecified atom stereocenters. The van der Waals surface area contributed by atoms with Crippen molar-refractivity contribution in [2.45, 2.75) is 53.5 Å². The number of guanidine groups is 1. The summed E-state index contributed by atoms with van der Waals surface area (Å²) < 4.78 is 2.00. The van der Waals surface area contributed by atoms with Crippen molar-refractivity contribution in [3.8, 4) is 0 Å². The number of nitrogens with zero attached hydrogens (tertiary/aromatic N) is 5. The molecule has 0 spiro atoms. The standard InChI is InChI=1S/C17H32N6.HI/c1-6-14(7-2)15-9-10-23(12-15)17(18-8-3)19-11-16-21-20-13(4)22(16)5;/h14-15H,6-12H2,1-5H3,(H,18,19);1H. The molecule has 0 amide bonds. The second-order valence-corrected chi connectivity index (χ2v) is 6.46. The fraction of sp³-hybridized carbons (Fsp3) is 0.824. The highest BCUT2D eigenvalue weighted by Crippen LogP contribution is 2.28. The Morgan fingerprint density at radius 2 is 2.00 bits per heavy atom. The van der Waals surface area contributed by atoms with Crippen molar-refractivity contribution in [1.82, 2.24) is 25.0 Å². The molecule has 2 heterocycles. The fourth-order valence-corrected chi connectivity index (χ4v) is 3.48. The van der Waals surface area contributed by atoms with Gasteiger partial charge in [-0.05, 0) is 32.1 Å². The molecule has 138 valence electrons. The molecule has 0 bridgehead atoms. The lowest BCUT2D eigenvalue weighted by atomic mass is 9.87. The maximum Gasteiger partial charge on any atom is 0.194 e. The van der Waals surface area contributed by atoms with Gasteiger partial charge < -0.3 is 14.8 Å². The van der Waals surface area contributed by atoms with Crippen LogP contribution in [0.5, 0.6) is 0 Å². The Hall–Kier alpha value is -0.860. The molecule has 0 aromatic carbocycles. The summed E-state index contributed by atoms with van der Waals surface area (Å²) in [6.45, 7) is 12.4. The Bertz CT molecular complexity index is 523. The van der Waals surface area contributed by atoms with E-state index < -0.39 is 0 Å². The number of likely N-dealkylation sites (tertiary alicyclic amines) is 1. The molecule has 1 N–H and O–H groups in total. The summed E-state index contributed by atoms with van der Waals surface area (Å²) in [5, 5.41) is 11.7. The van der Waals surface area contributed by atoms with Crippen LogP contribution in [0, 0.1) is 18.8 Å². The minimum atomic E-state index is 0. The van der Waals surface area contributed by atoms with Crippen LogP contribution in [-0.4, -0.2) is 45.3 Å². The van der Waals surface area contributed by atoms with E-state index in [9.17, 15) is 0 Å². The molecule has 1 aromatic heterocycles. The summed E-state index contributed by atoms with van der Waals surface area (Å²) in [7, 11) is 1.99. The van der Waals surface area contributed by atoms with Gasteiger partial charge in [0, 0.05) is 26.7 Å². The van der Waals surface area contributed by atoms with E-state index in [1.54, 1.807) is 0 Å².